The highest BCUT2D eigenvalue weighted by atomic mass is 16.6. The van der Waals surface area contributed by atoms with E-state index in [0.717, 1.165) is 5.56 Å². The second kappa shape index (κ2) is 6.02. The van der Waals surface area contributed by atoms with Gasteiger partial charge in [-0.25, -0.2) is 0 Å². The third kappa shape index (κ3) is 2.54. The number of allylic oxidation sites excluding steroid dienone is 1. The summed E-state index contributed by atoms with van der Waals surface area (Å²) in [6, 6.07) is 25.6. The van der Waals surface area contributed by atoms with Crippen LogP contribution in [0.2, 0.25) is 0 Å². The number of nitrogens with zero attached hydrogens (tertiary/aromatic N) is 1. The van der Waals surface area contributed by atoms with E-state index in [1.807, 2.05) is 36.4 Å². The minimum atomic E-state index is -0.360. The van der Waals surface area contributed by atoms with Crippen molar-refractivity contribution in [3.05, 3.63) is 111 Å². The molecule has 3 aromatic carbocycles. The maximum atomic E-state index is 11.0. The van der Waals surface area contributed by atoms with E-state index in [9.17, 15) is 10.1 Å². The maximum Gasteiger partial charge on any atom is 0.269 e. The second-order valence-electron chi connectivity index (χ2n) is 6.27. The van der Waals surface area contributed by atoms with Crippen LogP contribution in [0.1, 0.15) is 35.1 Å². The molecule has 0 N–H and O–H groups in total. The Kier molecular flexibility index (Phi) is 3.69. The molecule has 0 amide bonds. The molecule has 0 heterocycles. The Balaban J connectivity index is 1.95. The van der Waals surface area contributed by atoms with Crippen molar-refractivity contribution in [2.45, 2.75) is 12.8 Å². The Morgan fingerprint density at radius 3 is 2.12 bits per heavy atom. The lowest BCUT2D eigenvalue weighted by atomic mass is 9.91. The lowest BCUT2D eigenvalue weighted by molar-refractivity contribution is -0.384. The molecular weight excluding hydrogens is 310 g/mol. The van der Waals surface area contributed by atoms with Crippen molar-refractivity contribution in [3.8, 4) is 0 Å². The van der Waals surface area contributed by atoms with E-state index >= 15 is 0 Å². The Hall–Kier alpha value is -3.20. The number of nitro groups is 1. The summed E-state index contributed by atoms with van der Waals surface area (Å²) >= 11 is 0. The van der Waals surface area contributed by atoms with E-state index in [1.165, 1.54) is 27.8 Å². The molecule has 1 aliphatic carbocycles. The molecule has 1 atom stereocenters. The third-order valence-corrected chi connectivity index (χ3v) is 4.85. The van der Waals surface area contributed by atoms with Crippen LogP contribution in [0, 0.1) is 10.1 Å². The van der Waals surface area contributed by atoms with Crippen LogP contribution in [0.25, 0.3) is 11.1 Å². The number of hydrogen-bond donors (Lipinski definition) is 0. The number of nitro benzene ring substituents is 1. The molecule has 3 nitrogen and oxygen atoms in total. The van der Waals surface area contributed by atoms with Crippen molar-refractivity contribution in [3.63, 3.8) is 0 Å². The van der Waals surface area contributed by atoms with Gasteiger partial charge in [-0.2, -0.15) is 0 Å². The third-order valence-electron chi connectivity index (χ3n) is 4.85. The fourth-order valence-electron chi connectivity index (χ4n) is 3.69. The average molecular weight is 327 g/mol. The molecular formula is C22H17NO2. The van der Waals surface area contributed by atoms with Crippen molar-refractivity contribution in [2.75, 3.05) is 0 Å². The van der Waals surface area contributed by atoms with Crippen LogP contribution >= 0.6 is 0 Å². The highest BCUT2D eigenvalue weighted by molar-refractivity contribution is 6.05. The minimum Gasteiger partial charge on any atom is -0.258 e. The molecule has 3 aromatic rings. The van der Waals surface area contributed by atoms with Gasteiger partial charge in [0.1, 0.15) is 0 Å². The van der Waals surface area contributed by atoms with Gasteiger partial charge in [0.2, 0.25) is 0 Å². The van der Waals surface area contributed by atoms with Gasteiger partial charge < -0.3 is 0 Å². The van der Waals surface area contributed by atoms with Crippen molar-refractivity contribution < 1.29 is 4.92 Å². The van der Waals surface area contributed by atoms with Crippen LogP contribution in [0.5, 0.6) is 0 Å². The predicted molar refractivity (Wildman–Crippen MR) is 100 cm³/mol. The summed E-state index contributed by atoms with van der Waals surface area (Å²) in [5.74, 6) is 0.281. The van der Waals surface area contributed by atoms with Gasteiger partial charge in [-0.05, 0) is 45.5 Å². The lowest BCUT2D eigenvalue weighted by Crippen LogP contribution is -1.93. The Bertz CT molecular complexity index is 972. The molecule has 0 radical (unpaired) electrons. The number of hydrogen-bond acceptors (Lipinski definition) is 2. The Morgan fingerprint density at radius 1 is 0.800 bits per heavy atom. The highest BCUT2D eigenvalue weighted by Gasteiger charge is 2.29. The van der Waals surface area contributed by atoms with Gasteiger partial charge in [-0.1, -0.05) is 61.5 Å². The van der Waals surface area contributed by atoms with E-state index in [4.69, 9.17) is 0 Å². The van der Waals surface area contributed by atoms with Gasteiger partial charge in [-0.3, -0.25) is 10.1 Å². The van der Waals surface area contributed by atoms with Gasteiger partial charge >= 0.3 is 0 Å². The van der Waals surface area contributed by atoms with Crippen LogP contribution in [-0.2, 0) is 0 Å². The maximum absolute atomic E-state index is 11.0. The van der Waals surface area contributed by atoms with Crippen molar-refractivity contribution in [2.24, 2.45) is 0 Å². The van der Waals surface area contributed by atoms with Gasteiger partial charge in [-0.15, -0.1) is 0 Å². The smallest absolute Gasteiger partial charge is 0.258 e. The standard InChI is InChI=1S/C22H17NO2/c1-15-19-9-5-6-10-20(19)22(21(15)16-7-3-2-4-8-16)17-11-13-18(14-12-17)23(24)25/h2-15H,1H3/t15-/m0/s1. The minimum absolute atomic E-state index is 0.116. The monoisotopic (exact) mass is 327 g/mol. The van der Waals surface area contributed by atoms with Crippen LogP contribution in [0.15, 0.2) is 78.9 Å². The molecule has 1 aliphatic rings. The van der Waals surface area contributed by atoms with Crippen LogP contribution in [0.4, 0.5) is 5.69 Å². The van der Waals surface area contributed by atoms with Crippen LogP contribution < -0.4 is 0 Å². The van der Waals surface area contributed by atoms with Crippen LogP contribution in [0.3, 0.4) is 0 Å². The van der Waals surface area contributed by atoms with E-state index < -0.39 is 0 Å². The summed E-state index contributed by atoms with van der Waals surface area (Å²) in [6.07, 6.45) is 0. The summed E-state index contributed by atoms with van der Waals surface area (Å²) in [5, 5.41) is 11.0. The Labute approximate surface area is 146 Å². The van der Waals surface area contributed by atoms with Gasteiger partial charge in [0.05, 0.1) is 4.92 Å². The molecule has 0 aliphatic heterocycles. The first-order valence-corrected chi connectivity index (χ1v) is 8.30. The SMILES string of the molecule is C[C@@H]1C(c2ccccc2)=C(c2ccc([N+](=O)[O-])cc2)c2ccccc21. The summed E-state index contributed by atoms with van der Waals surface area (Å²) in [7, 11) is 0. The van der Waals surface area contributed by atoms with Crippen molar-refractivity contribution >= 4 is 16.8 Å². The molecule has 0 bridgehead atoms. The second-order valence-corrected chi connectivity index (χ2v) is 6.27. The van der Waals surface area contributed by atoms with E-state index in [-0.39, 0.29) is 16.5 Å². The number of rotatable bonds is 3. The van der Waals surface area contributed by atoms with E-state index in [1.54, 1.807) is 12.1 Å². The largest absolute Gasteiger partial charge is 0.269 e. The van der Waals surface area contributed by atoms with Crippen LogP contribution in [-0.4, -0.2) is 4.92 Å². The van der Waals surface area contributed by atoms with Gasteiger partial charge in [0, 0.05) is 18.1 Å². The van der Waals surface area contributed by atoms with Gasteiger partial charge in [0.25, 0.3) is 5.69 Å². The zero-order valence-electron chi connectivity index (χ0n) is 13.8. The quantitative estimate of drug-likeness (QED) is 0.459. The summed E-state index contributed by atoms with van der Waals surface area (Å²) in [6.45, 7) is 2.22. The van der Waals surface area contributed by atoms with E-state index in [0.29, 0.717) is 0 Å². The topological polar surface area (TPSA) is 43.1 Å². The first kappa shape index (κ1) is 15.3. The number of fused-ring (bicyclic) bond motifs is 1. The van der Waals surface area contributed by atoms with Crippen molar-refractivity contribution in [1.82, 2.24) is 0 Å². The molecule has 3 heteroatoms. The molecule has 0 saturated heterocycles. The fraction of sp³-hybridized carbons (Fsp3) is 0.0909. The predicted octanol–water partition coefficient (Wildman–Crippen LogP) is 5.67. The number of non-ortho nitro benzene ring substituents is 1. The highest BCUT2D eigenvalue weighted by Crippen LogP contribution is 2.49. The molecule has 0 aromatic heterocycles. The molecule has 0 spiro atoms. The fourth-order valence-corrected chi connectivity index (χ4v) is 3.69. The first-order valence-electron chi connectivity index (χ1n) is 8.30. The molecule has 0 unspecified atom stereocenters. The molecule has 0 saturated carbocycles. The zero-order chi connectivity index (χ0) is 17.4. The zero-order valence-corrected chi connectivity index (χ0v) is 13.8. The molecule has 4 rings (SSSR count). The number of benzene rings is 3. The lowest BCUT2D eigenvalue weighted by Gasteiger charge is -2.13. The summed E-state index contributed by atoms with van der Waals surface area (Å²) in [4.78, 5) is 10.6. The first-order chi connectivity index (χ1) is 12.2. The molecule has 0 fully saturated rings. The van der Waals surface area contributed by atoms with Gasteiger partial charge in [0.15, 0.2) is 0 Å². The summed E-state index contributed by atoms with van der Waals surface area (Å²) < 4.78 is 0. The molecule has 122 valence electrons. The average Bonchev–Trinajstić information content (AvgIpc) is 2.95. The summed E-state index contributed by atoms with van der Waals surface area (Å²) in [5.41, 5.74) is 7.28. The Morgan fingerprint density at radius 2 is 1.44 bits per heavy atom. The van der Waals surface area contributed by atoms with Crippen molar-refractivity contribution in [1.29, 1.82) is 0 Å². The molecule has 25 heavy (non-hydrogen) atoms. The van der Waals surface area contributed by atoms with E-state index in [2.05, 4.69) is 37.3 Å². The normalized spacial score (nSPS) is 16.0.